The average Bonchev–Trinajstić information content (AvgIpc) is 3.31. The minimum atomic E-state index is -4.53. The van der Waals surface area contributed by atoms with Crippen molar-refractivity contribution in [2.45, 2.75) is 57.9 Å². The van der Waals surface area contributed by atoms with E-state index in [4.69, 9.17) is 4.74 Å². The summed E-state index contributed by atoms with van der Waals surface area (Å²) < 4.78 is 59.3. The van der Waals surface area contributed by atoms with Crippen LogP contribution in [-0.4, -0.2) is 68.1 Å². The molecule has 1 saturated heterocycles. The number of carbonyl (C=O) groups is 3. The number of nitrogens with zero attached hydrogens (tertiary/aromatic N) is 2. The Morgan fingerprint density at radius 2 is 1.89 bits per heavy atom. The molecule has 0 saturated carbocycles. The van der Waals surface area contributed by atoms with Crippen LogP contribution in [0.15, 0.2) is 52.9 Å². The van der Waals surface area contributed by atoms with Crippen molar-refractivity contribution in [2.75, 3.05) is 25.0 Å². The van der Waals surface area contributed by atoms with Crippen molar-refractivity contribution < 1.29 is 41.6 Å². The van der Waals surface area contributed by atoms with Gasteiger partial charge < -0.3 is 20.5 Å². The molecule has 14 heteroatoms. The van der Waals surface area contributed by atoms with E-state index in [1.807, 2.05) is 0 Å². The van der Waals surface area contributed by atoms with Crippen LogP contribution < -0.4 is 10.6 Å². The number of hydrogen-bond acceptors (Lipinski definition) is 7. The summed E-state index contributed by atoms with van der Waals surface area (Å²) in [6, 6.07) is 9.67. The van der Waals surface area contributed by atoms with Crippen LogP contribution in [0, 0.1) is 24.7 Å². The summed E-state index contributed by atoms with van der Waals surface area (Å²) in [5, 5.41) is 16.4. The summed E-state index contributed by atoms with van der Waals surface area (Å²) in [4.78, 5) is 41.8. The number of halogens is 3. The van der Waals surface area contributed by atoms with E-state index in [1.165, 1.54) is 17.5 Å². The van der Waals surface area contributed by atoms with Crippen LogP contribution in [0.3, 0.4) is 0 Å². The maximum Gasteiger partial charge on any atom is 0.416 e. The molecule has 10 nitrogen and oxygen atoms in total. The minimum absolute atomic E-state index is 0.0892. The number of hydrogen-bond donors (Lipinski definition) is 3. The topological polar surface area (TPSA) is 137 Å². The normalized spacial score (nSPS) is 17.8. The van der Waals surface area contributed by atoms with Crippen LogP contribution in [0.1, 0.15) is 55.9 Å². The van der Waals surface area contributed by atoms with E-state index in [0.717, 1.165) is 23.3 Å². The van der Waals surface area contributed by atoms with Crippen LogP contribution in [0.5, 0.6) is 0 Å². The monoisotopic (exact) mass is 672 g/mol. The van der Waals surface area contributed by atoms with E-state index in [9.17, 15) is 36.9 Å². The number of alkyl halides is 3. The number of piperidine rings is 1. The third-order valence-corrected chi connectivity index (χ3v) is 8.64. The van der Waals surface area contributed by atoms with Gasteiger partial charge in [0.15, 0.2) is 0 Å². The lowest BCUT2D eigenvalue weighted by atomic mass is 9.89. The summed E-state index contributed by atoms with van der Waals surface area (Å²) in [6.07, 6.45) is -2.37. The number of amidine groups is 1. The van der Waals surface area contributed by atoms with E-state index >= 15 is 0 Å². The molecule has 2 aromatic carbocycles. The van der Waals surface area contributed by atoms with E-state index in [1.54, 1.807) is 56.3 Å². The molecule has 2 heterocycles. The van der Waals surface area contributed by atoms with Gasteiger partial charge in [0.1, 0.15) is 33.9 Å². The number of aryl methyl sites for hydroxylation is 1. The van der Waals surface area contributed by atoms with Gasteiger partial charge >= 0.3 is 12.1 Å². The van der Waals surface area contributed by atoms with E-state index in [2.05, 4.69) is 27.5 Å². The molecule has 2 aliphatic rings. The number of nitrogens with one attached hydrogen (secondary N) is 2. The van der Waals surface area contributed by atoms with Gasteiger partial charge in [-0.15, -0.1) is 0 Å². The second-order valence-electron chi connectivity index (χ2n) is 12.1. The number of carbonyl (C=O) groups excluding carboxylic acids is 3. The SMILES string of the molecule is Cc1cc(NC(=O)[C@@H](C#CC(=O)OC(C)(C)C)CO)ccc1/C=C/S(=O)N1CCC2(CC1)N=C(c1cccc(C(F)(F)F)c1)NC2=O. The number of ether oxygens (including phenoxy) is 1. The van der Waals surface area contributed by atoms with Crippen molar-refractivity contribution in [3.63, 3.8) is 0 Å². The van der Waals surface area contributed by atoms with Crippen LogP contribution in [0.2, 0.25) is 0 Å². The molecule has 0 bridgehead atoms. The molecule has 1 fully saturated rings. The van der Waals surface area contributed by atoms with E-state index in [-0.39, 0.29) is 37.3 Å². The third kappa shape index (κ3) is 9.15. The maximum atomic E-state index is 13.2. The van der Waals surface area contributed by atoms with Gasteiger partial charge in [-0.1, -0.05) is 24.1 Å². The molecule has 3 N–H and O–H groups in total. The van der Waals surface area contributed by atoms with Gasteiger partial charge in [0.2, 0.25) is 5.91 Å². The summed E-state index contributed by atoms with van der Waals surface area (Å²) in [7, 11) is -1.54. The van der Waals surface area contributed by atoms with Gasteiger partial charge in [-0.2, -0.15) is 13.2 Å². The van der Waals surface area contributed by atoms with Crippen molar-refractivity contribution >= 4 is 46.4 Å². The summed E-state index contributed by atoms with van der Waals surface area (Å²) >= 11 is 0. The molecular weight excluding hydrogens is 637 g/mol. The first-order valence-corrected chi connectivity index (χ1v) is 15.9. The Morgan fingerprint density at radius 1 is 1.19 bits per heavy atom. The molecule has 47 heavy (non-hydrogen) atoms. The summed E-state index contributed by atoms with van der Waals surface area (Å²) in [5.74, 6) is 1.80. The van der Waals surface area contributed by atoms with Gasteiger partial charge in [-0.05, 0) is 82.0 Å². The Balaban J connectivity index is 1.34. The third-order valence-electron chi connectivity index (χ3n) is 7.40. The molecule has 2 amide bonds. The molecular formula is C33H35F3N4O6S. The number of aliphatic imine (C=N–C) groups is 1. The lowest BCUT2D eigenvalue weighted by Gasteiger charge is -2.33. The highest BCUT2D eigenvalue weighted by Crippen LogP contribution is 2.34. The zero-order valence-corrected chi connectivity index (χ0v) is 27.1. The number of amides is 2. The van der Waals surface area contributed by atoms with Gasteiger partial charge in [0.25, 0.3) is 5.91 Å². The first-order chi connectivity index (χ1) is 22.0. The van der Waals surface area contributed by atoms with Gasteiger partial charge in [0, 0.05) is 35.7 Å². The number of anilines is 1. The second-order valence-corrected chi connectivity index (χ2v) is 13.4. The fraction of sp³-hybridized carbons (Fsp3) is 0.394. The highest BCUT2D eigenvalue weighted by atomic mass is 32.2. The van der Waals surface area contributed by atoms with E-state index < -0.39 is 64.2 Å². The molecule has 250 valence electrons. The molecule has 0 aliphatic carbocycles. The lowest BCUT2D eigenvalue weighted by Crippen LogP contribution is -2.49. The van der Waals surface area contributed by atoms with E-state index in [0.29, 0.717) is 5.69 Å². The summed E-state index contributed by atoms with van der Waals surface area (Å²) in [6.45, 7) is 6.80. The first kappa shape index (κ1) is 35.5. The van der Waals surface area contributed by atoms with Gasteiger partial charge in [-0.3, -0.25) is 14.6 Å². The number of rotatable bonds is 7. The number of aliphatic hydroxyl groups is 1. The molecule has 1 spiro atoms. The highest BCUT2D eigenvalue weighted by molar-refractivity contribution is 7.85. The molecule has 2 aliphatic heterocycles. The molecule has 1 unspecified atom stereocenters. The van der Waals surface area contributed by atoms with Crippen LogP contribution >= 0.6 is 0 Å². The smallest absolute Gasteiger partial charge is 0.416 e. The van der Waals surface area contributed by atoms with Crippen LogP contribution in [-0.2, 0) is 36.3 Å². The van der Waals surface area contributed by atoms with Crippen molar-refractivity contribution in [3.8, 4) is 11.8 Å². The quantitative estimate of drug-likeness (QED) is 0.232. The van der Waals surface area contributed by atoms with Crippen LogP contribution in [0.25, 0.3) is 6.08 Å². The Kier molecular flexibility index (Phi) is 10.7. The maximum absolute atomic E-state index is 13.2. The lowest BCUT2D eigenvalue weighted by molar-refractivity contribution is -0.147. The molecule has 4 rings (SSSR count). The minimum Gasteiger partial charge on any atom is -0.450 e. The first-order valence-electron chi connectivity index (χ1n) is 14.7. The standard InChI is InChI=1S/C33H35F3N4O6S/c1-21-18-26(37-29(43)24(20-41)9-11-27(42)46-31(2,3)4)10-8-22(21)12-17-47(45)40-15-13-32(14-16-40)30(44)38-28(39-32)23-6-5-7-25(19-23)33(34,35)36/h5-8,10,12,17-19,24,41H,13-16,20H2,1-4H3,(H,37,43)(H,38,39,44)/b17-12+/t24-,47?/m0/s1. The molecule has 0 aromatic heterocycles. The fourth-order valence-corrected chi connectivity index (χ4v) is 5.88. The molecule has 2 aromatic rings. The Bertz CT molecular complexity index is 1700. The summed E-state index contributed by atoms with van der Waals surface area (Å²) in [5.41, 5.74) is -0.622. The Labute approximate surface area is 273 Å². The zero-order valence-electron chi connectivity index (χ0n) is 26.2. The largest absolute Gasteiger partial charge is 0.450 e. The van der Waals surface area contributed by atoms with Crippen molar-refractivity contribution in [3.05, 3.63) is 70.1 Å². The zero-order chi connectivity index (χ0) is 34.6. The van der Waals surface area contributed by atoms with Crippen molar-refractivity contribution in [1.82, 2.24) is 9.62 Å². The van der Waals surface area contributed by atoms with Crippen LogP contribution in [0.4, 0.5) is 18.9 Å². The average molecular weight is 673 g/mol. The Hall–Kier alpha value is -4.32. The van der Waals surface area contributed by atoms with Gasteiger partial charge in [-0.25, -0.2) is 13.3 Å². The predicted molar refractivity (Wildman–Crippen MR) is 171 cm³/mol. The highest BCUT2D eigenvalue weighted by Gasteiger charge is 2.46. The van der Waals surface area contributed by atoms with Crippen molar-refractivity contribution in [2.24, 2.45) is 10.9 Å². The number of esters is 1. The Morgan fingerprint density at radius 3 is 2.51 bits per heavy atom. The number of benzene rings is 2. The molecule has 2 atom stereocenters. The number of aliphatic hydroxyl groups excluding tert-OH is 1. The molecule has 0 radical (unpaired) electrons. The van der Waals surface area contributed by atoms with Crippen molar-refractivity contribution in [1.29, 1.82) is 0 Å². The predicted octanol–water partition coefficient (Wildman–Crippen LogP) is 3.95. The second kappa shape index (κ2) is 14.2. The van der Waals surface area contributed by atoms with Gasteiger partial charge in [0.05, 0.1) is 12.2 Å². The fourth-order valence-electron chi connectivity index (χ4n) is 4.90.